The summed E-state index contributed by atoms with van der Waals surface area (Å²) in [5.41, 5.74) is 0.711. The summed E-state index contributed by atoms with van der Waals surface area (Å²) < 4.78 is 45.7. The molecule has 0 radical (unpaired) electrons. The molecule has 0 unspecified atom stereocenters. The van der Waals surface area contributed by atoms with E-state index in [1.165, 1.54) is 12.1 Å². The Bertz CT molecular complexity index is 1490. The van der Waals surface area contributed by atoms with E-state index < -0.39 is 23.3 Å². The molecule has 36 heavy (non-hydrogen) atoms. The van der Waals surface area contributed by atoms with Gasteiger partial charge in [0.25, 0.3) is 5.91 Å². The number of nitrogens with one attached hydrogen (secondary N) is 1. The number of para-hydroxylation sites is 1. The highest BCUT2D eigenvalue weighted by Crippen LogP contribution is 2.36. The average Bonchev–Trinajstić information content (AvgIpc) is 2.88. The largest absolute Gasteiger partial charge is 0.422 e. The van der Waals surface area contributed by atoms with Crippen molar-refractivity contribution in [2.75, 3.05) is 23.3 Å². The second kappa shape index (κ2) is 9.53. The lowest BCUT2D eigenvalue weighted by Crippen LogP contribution is -2.30. The molecule has 184 valence electrons. The first kappa shape index (κ1) is 23.7. The molecule has 0 saturated carbocycles. The summed E-state index contributed by atoms with van der Waals surface area (Å²) in [4.78, 5) is 27.8. The van der Waals surface area contributed by atoms with Crippen molar-refractivity contribution in [2.24, 2.45) is 0 Å². The number of alkyl halides is 3. The van der Waals surface area contributed by atoms with Crippen LogP contribution in [0.3, 0.4) is 0 Å². The van der Waals surface area contributed by atoms with Crippen LogP contribution in [0.1, 0.15) is 35.2 Å². The molecule has 0 atom stereocenters. The van der Waals surface area contributed by atoms with Gasteiger partial charge in [-0.2, -0.15) is 13.2 Å². The lowest BCUT2D eigenvalue weighted by Gasteiger charge is -2.31. The molecule has 1 aromatic heterocycles. The number of halogens is 3. The fourth-order valence-electron chi connectivity index (χ4n) is 4.51. The molecule has 1 amide bonds. The van der Waals surface area contributed by atoms with E-state index in [1.807, 2.05) is 17.0 Å². The third-order valence-corrected chi connectivity index (χ3v) is 6.35. The number of rotatable bonds is 4. The third-order valence-electron chi connectivity index (χ3n) is 6.35. The minimum atomic E-state index is -4.54. The van der Waals surface area contributed by atoms with Crippen molar-refractivity contribution in [2.45, 2.75) is 25.4 Å². The van der Waals surface area contributed by atoms with Crippen LogP contribution in [0.25, 0.3) is 22.1 Å². The summed E-state index contributed by atoms with van der Waals surface area (Å²) in [7, 11) is 0. The average molecular weight is 492 g/mol. The van der Waals surface area contributed by atoms with E-state index in [9.17, 15) is 22.8 Å². The van der Waals surface area contributed by atoms with E-state index in [4.69, 9.17) is 4.42 Å². The van der Waals surface area contributed by atoms with Crippen LogP contribution in [0.4, 0.5) is 24.5 Å². The van der Waals surface area contributed by atoms with Crippen molar-refractivity contribution in [1.82, 2.24) is 0 Å². The number of anilines is 2. The second-order valence-corrected chi connectivity index (χ2v) is 8.80. The fourth-order valence-corrected chi connectivity index (χ4v) is 4.51. The summed E-state index contributed by atoms with van der Waals surface area (Å²) in [5, 5.41) is 3.41. The van der Waals surface area contributed by atoms with Crippen LogP contribution in [-0.2, 0) is 6.18 Å². The zero-order valence-corrected chi connectivity index (χ0v) is 19.3. The number of piperidine rings is 1. The number of amides is 1. The van der Waals surface area contributed by atoms with Gasteiger partial charge in [0.1, 0.15) is 5.58 Å². The van der Waals surface area contributed by atoms with Gasteiger partial charge in [0.2, 0.25) is 0 Å². The van der Waals surface area contributed by atoms with E-state index in [1.54, 1.807) is 36.4 Å². The summed E-state index contributed by atoms with van der Waals surface area (Å²) >= 11 is 0. The molecule has 2 heterocycles. The normalized spacial score (nSPS) is 14.1. The Labute approximate surface area is 205 Å². The van der Waals surface area contributed by atoms with Crippen LogP contribution in [0.15, 0.2) is 82.0 Å². The summed E-state index contributed by atoms with van der Waals surface area (Å²) in [6.45, 7) is 1.42. The molecule has 8 heteroatoms. The molecule has 1 N–H and O–H groups in total. The van der Waals surface area contributed by atoms with Crippen LogP contribution < -0.4 is 15.8 Å². The predicted octanol–water partition coefficient (Wildman–Crippen LogP) is 6.72. The Morgan fingerprint density at radius 1 is 0.889 bits per heavy atom. The molecule has 5 rings (SSSR count). The molecular weight excluding hydrogens is 469 g/mol. The van der Waals surface area contributed by atoms with E-state index >= 15 is 0 Å². The predicted molar refractivity (Wildman–Crippen MR) is 133 cm³/mol. The lowest BCUT2D eigenvalue weighted by atomic mass is 10.0. The number of nitrogens with zero attached hydrogens (tertiary/aromatic N) is 1. The van der Waals surface area contributed by atoms with Crippen molar-refractivity contribution in [1.29, 1.82) is 0 Å². The summed E-state index contributed by atoms with van der Waals surface area (Å²) in [5.74, 6) is -0.570. The van der Waals surface area contributed by atoms with Gasteiger partial charge in [-0.15, -0.1) is 0 Å². The van der Waals surface area contributed by atoms with Gasteiger partial charge in [-0.3, -0.25) is 4.79 Å². The van der Waals surface area contributed by atoms with Gasteiger partial charge in [0.05, 0.1) is 22.5 Å². The number of carbonyl (C=O) groups is 1. The van der Waals surface area contributed by atoms with Crippen molar-refractivity contribution >= 4 is 28.3 Å². The van der Waals surface area contributed by atoms with Gasteiger partial charge in [-0.05, 0) is 67.3 Å². The quantitative estimate of drug-likeness (QED) is 0.321. The van der Waals surface area contributed by atoms with Crippen molar-refractivity contribution < 1.29 is 22.4 Å². The Balaban J connectivity index is 1.49. The minimum absolute atomic E-state index is 0.104. The van der Waals surface area contributed by atoms with Crippen molar-refractivity contribution in [3.63, 3.8) is 0 Å². The summed E-state index contributed by atoms with van der Waals surface area (Å²) in [6, 6.07) is 18.6. The molecule has 0 bridgehead atoms. The number of hydrogen-bond acceptors (Lipinski definition) is 4. The molecule has 0 spiro atoms. The highest BCUT2D eigenvalue weighted by atomic mass is 19.4. The maximum Gasteiger partial charge on any atom is 0.416 e. The van der Waals surface area contributed by atoms with Crippen LogP contribution in [0.5, 0.6) is 0 Å². The van der Waals surface area contributed by atoms with Crippen LogP contribution in [-0.4, -0.2) is 19.0 Å². The van der Waals surface area contributed by atoms with Crippen LogP contribution in [0.2, 0.25) is 0 Å². The highest BCUT2D eigenvalue weighted by molar-refractivity contribution is 6.06. The molecule has 1 fully saturated rings. The van der Waals surface area contributed by atoms with Gasteiger partial charge in [-0.25, -0.2) is 4.79 Å². The van der Waals surface area contributed by atoms with Gasteiger partial charge in [0.15, 0.2) is 0 Å². The first-order valence-electron chi connectivity index (χ1n) is 11.7. The molecule has 3 aromatic carbocycles. The van der Waals surface area contributed by atoms with Crippen molar-refractivity contribution in [3.8, 4) is 11.1 Å². The molecule has 4 aromatic rings. The molecule has 1 saturated heterocycles. The Hall–Kier alpha value is -4.07. The minimum Gasteiger partial charge on any atom is -0.422 e. The fraction of sp³-hybridized carbons (Fsp3) is 0.214. The van der Waals surface area contributed by atoms with E-state index in [2.05, 4.69) is 5.32 Å². The Morgan fingerprint density at radius 3 is 2.44 bits per heavy atom. The molecule has 5 nitrogen and oxygen atoms in total. The van der Waals surface area contributed by atoms with Gasteiger partial charge >= 0.3 is 11.8 Å². The summed E-state index contributed by atoms with van der Waals surface area (Å²) in [6.07, 6.45) is -1.60. The lowest BCUT2D eigenvalue weighted by molar-refractivity contribution is -0.137. The topological polar surface area (TPSA) is 62.6 Å². The highest BCUT2D eigenvalue weighted by Gasteiger charge is 2.32. The van der Waals surface area contributed by atoms with Crippen LogP contribution >= 0.6 is 0 Å². The Morgan fingerprint density at radius 2 is 1.67 bits per heavy atom. The smallest absolute Gasteiger partial charge is 0.416 e. The third kappa shape index (κ3) is 4.84. The van der Waals surface area contributed by atoms with E-state index in [0.29, 0.717) is 29.9 Å². The maximum absolute atomic E-state index is 13.4. The molecule has 0 aliphatic carbocycles. The first-order chi connectivity index (χ1) is 17.3. The standard InChI is InChI=1S/C28H23F3N2O3/c29-28(30,31)21-11-12-24(33-13-4-1-5-14-33)23(17-21)32-26(34)20-9-6-8-18(15-20)22-16-19-7-2-3-10-25(19)36-27(22)35/h2-3,6-12,15-17H,1,4-5,13-14H2,(H,32,34). The molecular formula is C28H23F3N2O3. The van der Waals surface area contributed by atoms with Gasteiger partial charge < -0.3 is 14.6 Å². The SMILES string of the molecule is O=C(Nc1cc(C(F)(F)F)ccc1N1CCCCC1)c1cccc(-c2cc3ccccc3oc2=O)c1. The monoisotopic (exact) mass is 492 g/mol. The molecule has 1 aliphatic rings. The zero-order valence-electron chi connectivity index (χ0n) is 19.3. The number of carbonyl (C=O) groups excluding carboxylic acids is 1. The number of hydrogen-bond donors (Lipinski definition) is 1. The van der Waals surface area contributed by atoms with Gasteiger partial charge in [-0.1, -0.05) is 30.3 Å². The van der Waals surface area contributed by atoms with E-state index in [-0.39, 0.29) is 16.8 Å². The number of fused-ring (bicyclic) bond motifs is 1. The first-order valence-corrected chi connectivity index (χ1v) is 11.7. The van der Waals surface area contributed by atoms with Gasteiger partial charge in [0, 0.05) is 24.0 Å². The maximum atomic E-state index is 13.4. The zero-order chi connectivity index (χ0) is 25.3. The number of benzene rings is 3. The van der Waals surface area contributed by atoms with E-state index in [0.717, 1.165) is 36.8 Å². The second-order valence-electron chi connectivity index (χ2n) is 8.80. The Kier molecular flexibility index (Phi) is 6.26. The van der Waals surface area contributed by atoms with Crippen LogP contribution in [0, 0.1) is 0 Å². The molecule has 1 aliphatic heterocycles. The van der Waals surface area contributed by atoms with Crippen molar-refractivity contribution in [3.05, 3.63) is 94.3 Å².